The molecule has 10 heteroatoms. The molecular formula is C30H20N8O2. The van der Waals surface area contributed by atoms with Crippen molar-refractivity contribution in [2.45, 2.75) is 12.6 Å². The molecule has 0 aliphatic rings. The van der Waals surface area contributed by atoms with Crippen molar-refractivity contribution < 1.29 is 5.11 Å². The molecule has 6 rings (SSSR count). The summed E-state index contributed by atoms with van der Waals surface area (Å²) in [4.78, 5) is 27.1. The highest BCUT2D eigenvalue weighted by Crippen LogP contribution is 2.33. The molecule has 192 valence electrons. The molecule has 1 atom stereocenters. The number of phenolic OH excluding ortho intramolecular Hbond substituents is 1. The van der Waals surface area contributed by atoms with Crippen LogP contribution in [0, 0.1) is 23.7 Å². The number of nitrogens with two attached hydrogens (primary N) is 1. The van der Waals surface area contributed by atoms with E-state index in [-0.39, 0.29) is 23.7 Å². The average molecular weight is 525 g/mol. The molecule has 40 heavy (non-hydrogen) atoms. The molecule has 0 saturated carbocycles. The fourth-order valence-corrected chi connectivity index (χ4v) is 4.89. The number of anilines is 1. The van der Waals surface area contributed by atoms with Crippen LogP contribution in [0.3, 0.4) is 0 Å². The summed E-state index contributed by atoms with van der Waals surface area (Å²) in [7, 11) is 0. The van der Waals surface area contributed by atoms with Crippen LogP contribution in [0.5, 0.6) is 5.75 Å². The molecule has 0 saturated heterocycles. The minimum Gasteiger partial charge on any atom is -0.508 e. The van der Waals surface area contributed by atoms with E-state index in [1.807, 2.05) is 0 Å². The summed E-state index contributed by atoms with van der Waals surface area (Å²) >= 11 is 0. The Bertz CT molecular complexity index is 2060. The third kappa shape index (κ3) is 3.97. The quantitative estimate of drug-likeness (QED) is 0.325. The van der Waals surface area contributed by atoms with Crippen molar-refractivity contribution in [3.05, 3.63) is 106 Å². The molecule has 6 aromatic rings. The Morgan fingerprint density at radius 2 is 1.75 bits per heavy atom. The lowest BCUT2D eigenvalue weighted by Crippen LogP contribution is -2.30. The Labute approximate surface area is 227 Å². The monoisotopic (exact) mass is 524 g/mol. The zero-order valence-corrected chi connectivity index (χ0v) is 20.9. The van der Waals surface area contributed by atoms with E-state index in [4.69, 9.17) is 17.3 Å². The lowest BCUT2D eigenvalue weighted by atomic mass is 10.00. The second-order valence-corrected chi connectivity index (χ2v) is 9.05. The number of terminal acetylenes is 1. The SMILES string of the molecule is C#Cc1cccc2ncn(C(Cn3nc(-c4ccc(O)cc4)c4c(N)ncnc43)c3ccccc3C#N)c(=O)c12. The van der Waals surface area contributed by atoms with Crippen LogP contribution >= 0.6 is 0 Å². The van der Waals surface area contributed by atoms with Gasteiger partial charge in [-0.05, 0) is 48.0 Å². The number of aromatic hydroxyl groups is 1. The lowest BCUT2D eigenvalue weighted by molar-refractivity contribution is 0.458. The Hall–Kier alpha value is -6.00. The standard InChI is InChI=1S/C30H20N8O2/c1-2-18-7-5-9-23-25(18)30(40)37(17-35-23)24(22-8-4-3-6-20(22)14-31)15-38-29-26(28(32)33-16-34-29)27(36-38)19-10-12-21(39)13-11-19/h1,3-13,16-17,24,39H,15H2,(H2,32,33,34). The van der Waals surface area contributed by atoms with Gasteiger partial charge in [-0.2, -0.15) is 10.4 Å². The number of hydrogen-bond donors (Lipinski definition) is 2. The van der Waals surface area contributed by atoms with Crippen LogP contribution < -0.4 is 11.3 Å². The van der Waals surface area contributed by atoms with Gasteiger partial charge in [0.2, 0.25) is 0 Å². The molecule has 0 aliphatic heterocycles. The highest BCUT2D eigenvalue weighted by Gasteiger charge is 2.25. The van der Waals surface area contributed by atoms with Crippen LogP contribution in [0.25, 0.3) is 33.2 Å². The van der Waals surface area contributed by atoms with Crippen molar-refractivity contribution in [3.8, 4) is 35.4 Å². The van der Waals surface area contributed by atoms with Gasteiger partial charge >= 0.3 is 0 Å². The summed E-state index contributed by atoms with van der Waals surface area (Å²) in [5.41, 5.74) is 9.48. The predicted molar refractivity (Wildman–Crippen MR) is 150 cm³/mol. The Morgan fingerprint density at radius 1 is 0.975 bits per heavy atom. The van der Waals surface area contributed by atoms with E-state index in [0.717, 1.165) is 0 Å². The first-order valence-corrected chi connectivity index (χ1v) is 12.2. The van der Waals surface area contributed by atoms with Crippen molar-refractivity contribution in [2.24, 2.45) is 0 Å². The molecule has 3 aromatic carbocycles. The van der Waals surface area contributed by atoms with Gasteiger partial charge in [0.15, 0.2) is 5.65 Å². The van der Waals surface area contributed by atoms with Crippen molar-refractivity contribution >= 4 is 27.8 Å². The van der Waals surface area contributed by atoms with Crippen LogP contribution in [0.4, 0.5) is 5.82 Å². The largest absolute Gasteiger partial charge is 0.508 e. The molecule has 10 nitrogen and oxygen atoms in total. The molecule has 0 spiro atoms. The van der Waals surface area contributed by atoms with E-state index < -0.39 is 6.04 Å². The number of rotatable bonds is 5. The Morgan fingerprint density at radius 3 is 2.52 bits per heavy atom. The number of aromatic nitrogens is 6. The fourth-order valence-electron chi connectivity index (χ4n) is 4.89. The summed E-state index contributed by atoms with van der Waals surface area (Å²) in [5.74, 6) is 2.92. The minimum atomic E-state index is -0.710. The number of nitrogens with zero attached hydrogens (tertiary/aromatic N) is 7. The predicted octanol–water partition coefficient (Wildman–Crippen LogP) is 3.63. The molecule has 1 unspecified atom stereocenters. The van der Waals surface area contributed by atoms with E-state index >= 15 is 0 Å². The van der Waals surface area contributed by atoms with Crippen LogP contribution in [0.15, 0.2) is 84.2 Å². The lowest BCUT2D eigenvalue weighted by Gasteiger charge is -2.22. The van der Waals surface area contributed by atoms with Crippen LogP contribution in [-0.4, -0.2) is 34.4 Å². The first-order valence-electron chi connectivity index (χ1n) is 12.2. The Balaban J connectivity index is 1.60. The number of nitriles is 1. The smallest absolute Gasteiger partial charge is 0.263 e. The summed E-state index contributed by atoms with van der Waals surface area (Å²) in [6.45, 7) is 0.106. The van der Waals surface area contributed by atoms with Crippen molar-refractivity contribution in [1.82, 2.24) is 29.3 Å². The second kappa shape index (κ2) is 9.71. The van der Waals surface area contributed by atoms with Crippen molar-refractivity contribution in [3.63, 3.8) is 0 Å². The third-order valence-electron chi connectivity index (χ3n) is 6.79. The zero-order chi connectivity index (χ0) is 27.8. The van der Waals surface area contributed by atoms with Gasteiger partial charge in [-0.25, -0.2) is 19.6 Å². The zero-order valence-electron chi connectivity index (χ0n) is 20.9. The molecule has 0 fully saturated rings. The molecule has 0 amide bonds. The number of benzene rings is 3. The van der Waals surface area contributed by atoms with Gasteiger partial charge in [0.1, 0.15) is 23.6 Å². The maximum atomic E-state index is 13.9. The number of hydrogen-bond acceptors (Lipinski definition) is 8. The van der Waals surface area contributed by atoms with Gasteiger partial charge in [0.05, 0.1) is 46.8 Å². The molecule has 3 N–H and O–H groups in total. The molecule has 3 heterocycles. The van der Waals surface area contributed by atoms with Crippen LogP contribution in [0.2, 0.25) is 0 Å². The van der Waals surface area contributed by atoms with Crippen LogP contribution in [0.1, 0.15) is 22.7 Å². The van der Waals surface area contributed by atoms with Crippen molar-refractivity contribution in [1.29, 1.82) is 5.26 Å². The summed E-state index contributed by atoms with van der Waals surface area (Å²) < 4.78 is 3.11. The van der Waals surface area contributed by atoms with Gasteiger partial charge in [0.25, 0.3) is 5.56 Å². The molecule has 0 aliphatic carbocycles. The third-order valence-corrected chi connectivity index (χ3v) is 6.79. The highest BCUT2D eigenvalue weighted by atomic mass is 16.3. The highest BCUT2D eigenvalue weighted by molar-refractivity contribution is 5.98. The van der Waals surface area contributed by atoms with E-state index in [2.05, 4.69) is 26.9 Å². The van der Waals surface area contributed by atoms with Gasteiger partial charge in [-0.1, -0.05) is 30.2 Å². The fraction of sp³-hybridized carbons (Fsp3) is 0.0667. The maximum absolute atomic E-state index is 13.9. The van der Waals surface area contributed by atoms with Gasteiger partial charge in [-0.3, -0.25) is 9.36 Å². The van der Waals surface area contributed by atoms with E-state index in [1.54, 1.807) is 71.4 Å². The first-order chi connectivity index (χ1) is 19.5. The summed E-state index contributed by atoms with van der Waals surface area (Å²) in [5, 5.41) is 25.4. The molecule has 3 aromatic heterocycles. The number of phenols is 1. The number of nitrogen functional groups attached to an aromatic ring is 1. The normalized spacial score (nSPS) is 11.8. The summed E-state index contributed by atoms with van der Waals surface area (Å²) in [6, 6.07) is 20.3. The van der Waals surface area contributed by atoms with E-state index in [0.29, 0.717) is 49.9 Å². The van der Waals surface area contributed by atoms with Gasteiger partial charge < -0.3 is 10.8 Å². The second-order valence-electron chi connectivity index (χ2n) is 9.05. The Kier molecular flexibility index (Phi) is 5.91. The van der Waals surface area contributed by atoms with E-state index in [9.17, 15) is 15.2 Å². The van der Waals surface area contributed by atoms with Gasteiger partial charge in [0, 0.05) is 11.1 Å². The van der Waals surface area contributed by atoms with Crippen LogP contribution in [-0.2, 0) is 6.54 Å². The first kappa shape index (κ1) is 24.3. The molecule has 0 bridgehead atoms. The van der Waals surface area contributed by atoms with E-state index in [1.165, 1.54) is 17.2 Å². The molecular weight excluding hydrogens is 504 g/mol. The maximum Gasteiger partial charge on any atom is 0.263 e. The average Bonchev–Trinajstić information content (AvgIpc) is 3.36. The van der Waals surface area contributed by atoms with Gasteiger partial charge in [-0.15, -0.1) is 6.42 Å². The molecule has 0 radical (unpaired) electrons. The minimum absolute atomic E-state index is 0.106. The van der Waals surface area contributed by atoms with Crippen molar-refractivity contribution in [2.75, 3.05) is 5.73 Å². The topological polar surface area (TPSA) is 149 Å². The number of fused-ring (bicyclic) bond motifs is 2. The summed E-state index contributed by atoms with van der Waals surface area (Å²) in [6.07, 6.45) is 8.51.